The Morgan fingerprint density at radius 3 is 2.25 bits per heavy atom. The molecule has 1 aromatic heterocycles. The molecule has 0 aliphatic rings. The van der Waals surface area contributed by atoms with Crippen LogP contribution in [0.25, 0.3) is 0 Å². The van der Waals surface area contributed by atoms with Crippen molar-refractivity contribution in [1.29, 1.82) is 0 Å². The zero-order valence-corrected chi connectivity index (χ0v) is 15.6. The van der Waals surface area contributed by atoms with Gasteiger partial charge in [0.25, 0.3) is 11.8 Å². The van der Waals surface area contributed by atoms with Crippen molar-refractivity contribution in [3.05, 3.63) is 82.2 Å². The van der Waals surface area contributed by atoms with Crippen molar-refractivity contribution in [1.82, 2.24) is 0 Å². The van der Waals surface area contributed by atoms with Crippen molar-refractivity contribution in [2.75, 3.05) is 10.6 Å². The number of amides is 2. The lowest BCUT2D eigenvalue weighted by Gasteiger charge is -2.15. The molecule has 2 aromatic carbocycles. The second-order valence-corrected chi connectivity index (χ2v) is 6.57. The van der Waals surface area contributed by atoms with Gasteiger partial charge in [-0.05, 0) is 54.6 Å². The van der Waals surface area contributed by atoms with Crippen LogP contribution in [0.2, 0.25) is 0 Å². The second kappa shape index (κ2) is 7.89. The normalized spacial score (nSPS) is 11.1. The molecule has 0 saturated heterocycles. The molecule has 3 aromatic rings. The smallest absolute Gasteiger partial charge is 0.418 e. The van der Waals surface area contributed by atoms with Crippen LogP contribution in [0.3, 0.4) is 0 Å². The predicted molar refractivity (Wildman–Crippen MR) is 100 cm³/mol. The fourth-order valence-electron chi connectivity index (χ4n) is 2.36. The van der Waals surface area contributed by atoms with Crippen LogP contribution < -0.4 is 10.6 Å². The number of alkyl halides is 3. The van der Waals surface area contributed by atoms with E-state index < -0.39 is 29.2 Å². The van der Waals surface area contributed by atoms with Gasteiger partial charge in [-0.25, -0.2) is 0 Å². The molecule has 144 valence electrons. The summed E-state index contributed by atoms with van der Waals surface area (Å²) >= 11 is 3.22. The van der Waals surface area contributed by atoms with Crippen LogP contribution in [0.15, 0.2) is 69.8 Å². The van der Waals surface area contributed by atoms with Gasteiger partial charge in [0.2, 0.25) is 0 Å². The van der Waals surface area contributed by atoms with Crippen LogP contribution in [0.5, 0.6) is 0 Å². The van der Waals surface area contributed by atoms with E-state index in [-0.39, 0.29) is 17.0 Å². The Bertz CT molecular complexity index is 1000. The van der Waals surface area contributed by atoms with Crippen molar-refractivity contribution < 1.29 is 27.2 Å². The maximum atomic E-state index is 13.5. The van der Waals surface area contributed by atoms with Crippen LogP contribution in [0.1, 0.15) is 26.5 Å². The maximum absolute atomic E-state index is 13.5. The lowest BCUT2D eigenvalue weighted by molar-refractivity contribution is -0.136. The first-order valence-electron chi connectivity index (χ1n) is 7.87. The molecule has 1 heterocycles. The number of rotatable bonds is 4. The van der Waals surface area contributed by atoms with Crippen LogP contribution in [-0.4, -0.2) is 11.8 Å². The summed E-state index contributed by atoms with van der Waals surface area (Å²) < 4.78 is 46.0. The topological polar surface area (TPSA) is 71.3 Å². The first-order chi connectivity index (χ1) is 13.2. The molecule has 0 unspecified atom stereocenters. The molecule has 5 nitrogen and oxygen atoms in total. The van der Waals surface area contributed by atoms with Crippen LogP contribution in [0, 0.1) is 0 Å². The van der Waals surface area contributed by atoms with E-state index in [4.69, 9.17) is 4.42 Å². The number of hydrogen-bond donors (Lipinski definition) is 2. The Balaban J connectivity index is 1.85. The van der Waals surface area contributed by atoms with E-state index in [2.05, 4.69) is 26.6 Å². The van der Waals surface area contributed by atoms with Gasteiger partial charge in [0.1, 0.15) is 0 Å². The first kappa shape index (κ1) is 19.7. The van der Waals surface area contributed by atoms with Gasteiger partial charge in [0, 0.05) is 15.7 Å². The van der Waals surface area contributed by atoms with E-state index in [0.717, 1.165) is 16.6 Å². The highest BCUT2D eigenvalue weighted by atomic mass is 79.9. The summed E-state index contributed by atoms with van der Waals surface area (Å²) in [6.07, 6.45) is -3.47. The molecule has 2 N–H and O–H groups in total. The SMILES string of the molecule is O=C(Nc1ccc(NC(=O)c2ccco2)cc1C(F)(F)F)c1ccc(Br)cc1. The molecule has 0 radical (unpaired) electrons. The fourth-order valence-corrected chi connectivity index (χ4v) is 2.63. The number of furan rings is 1. The van der Waals surface area contributed by atoms with Crippen molar-refractivity contribution in [3.8, 4) is 0 Å². The molecule has 28 heavy (non-hydrogen) atoms. The van der Waals surface area contributed by atoms with Crippen molar-refractivity contribution in [3.63, 3.8) is 0 Å². The van der Waals surface area contributed by atoms with E-state index in [1.54, 1.807) is 12.1 Å². The summed E-state index contributed by atoms with van der Waals surface area (Å²) in [5.41, 5.74) is -1.39. The number of hydrogen-bond acceptors (Lipinski definition) is 3. The van der Waals surface area contributed by atoms with Crippen molar-refractivity contribution in [2.45, 2.75) is 6.18 Å². The minimum absolute atomic E-state index is 0.0406. The van der Waals surface area contributed by atoms with Crippen LogP contribution in [-0.2, 0) is 6.18 Å². The van der Waals surface area contributed by atoms with Gasteiger partial charge < -0.3 is 15.1 Å². The molecule has 0 aliphatic carbocycles. The highest BCUT2D eigenvalue weighted by molar-refractivity contribution is 9.10. The van der Waals surface area contributed by atoms with Gasteiger partial charge in [-0.2, -0.15) is 13.2 Å². The molecular formula is C19H12BrF3N2O3. The molecule has 0 spiro atoms. The van der Waals surface area contributed by atoms with E-state index in [1.807, 2.05) is 0 Å². The zero-order chi connectivity index (χ0) is 20.3. The summed E-state index contributed by atoms with van der Waals surface area (Å²) in [6, 6.07) is 12.1. The third kappa shape index (κ3) is 4.61. The Morgan fingerprint density at radius 2 is 1.64 bits per heavy atom. The van der Waals surface area contributed by atoms with Crippen molar-refractivity contribution in [2.24, 2.45) is 0 Å². The molecule has 9 heteroatoms. The van der Waals surface area contributed by atoms with Gasteiger partial charge in [-0.1, -0.05) is 15.9 Å². The summed E-state index contributed by atoms with van der Waals surface area (Å²) in [6.45, 7) is 0. The number of benzene rings is 2. The third-order valence-electron chi connectivity index (χ3n) is 3.68. The lowest BCUT2D eigenvalue weighted by Crippen LogP contribution is -2.18. The minimum atomic E-state index is -4.74. The Morgan fingerprint density at radius 1 is 0.929 bits per heavy atom. The zero-order valence-electron chi connectivity index (χ0n) is 14.0. The van der Waals surface area contributed by atoms with Gasteiger partial charge in [-0.3, -0.25) is 9.59 Å². The number of carbonyl (C=O) groups is 2. The molecule has 3 rings (SSSR count). The molecule has 2 amide bonds. The number of anilines is 2. The number of halogens is 4. The summed E-state index contributed by atoms with van der Waals surface area (Å²) in [7, 11) is 0. The summed E-state index contributed by atoms with van der Waals surface area (Å²) in [4.78, 5) is 24.2. The molecule has 0 saturated carbocycles. The fraction of sp³-hybridized carbons (Fsp3) is 0.0526. The van der Waals surface area contributed by atoms with Crippen LogP contribution >= 0.6 is 15.9 Å². The predicted octanol–water partition coefficient (Wildman–Crippen LogP) is 5.57. The third-order valence-corrected chi connectivity index (χ3v) is 4.21. The number of nitrogens with one attached hydrogen (secondary N) is 2. The van der Waals surface area contributed by atoms with Crippen LogP contribution in [0.4, 0.5) is 24.5 Å². The highest BCUT2D eigenvalue weighted by Crippen LogP contribution is 2.37. The minimum Gasteiger partial charge on any atom is -0.459 e. The van der Waals surface area contributed by atoms with Gasteiger partial charge in [0.15, 0.2) is 5.76 Å². The summed E-state index contributed by atoms with van der Waals surface area (Å²) in [5.74, 6) is -1.42. The standard InChI is InChI=1S/C19H12BrF3N2O3/c20-12-5-3-11(4-6-12)17(26)25-15-8-7-13(10-14(15)19(21,22)23)24-18(27)16-2-1-9-28-16/h1-10H,(H,24,27)(H,25,26). The molecule has 0 aliphatic heterocycles. The van der Waals surface area contributed by atoms with E-state index in [9.17, 15) is 22.8 Å². The average Bonchev–Trinajstić information content (AvgIpc) is 3.17. The molecule has 0 atom stereocenters. The summed E-state index contributed by atoms with van der Waals surface area (Å²) in [5, 5.41) is 4.58. The lowest BCUT2D eigenvalue weighted by atomic mass is 10.1. The maximum Gasteiger partial charge on any atom is 0.418 e. The van der Waals surface area contributed by atoms with Gasteiger partial charge >= 0.3 is 6.18 Å². The average molecular weight is 453 g/mol. The molecular weight excluding hydrogens is 441 g/mol. The highest BCUT2D eigenvalue weighted by Gasteiger charge is 2.34. The monoisotopic (exact) mass is 452 g/mol. The Kier molecular flexibility index (Phi) is 5.55. The van der Waals surface area contributed by atoms with Gasteiger partial charge in [0.05, 0.1) is 17.5 Å². The largest absolute Gasteiger partial charge is 0.459 e. The first-order valence-corrected chi connectivity index (χ1v) is 8.66. The van der Waals surface area contributed by atoms with Crippen molar-refractivity contribution >= 4 is 39.1 Å². The van der Waals surface area contributed by atoms with E-state index in [1.165, 1.54) is 36.6 Å². The molecule has 0 bridgehead atoms. The Hall–Kier alpha value is -3.07. The van der Waals surface area contributed by atoms with E-state index in [0.29, 0.717) is 0 Å². The quantitative estimate of drug-likeness (QED) is 0.543. The second-order valence-electron chi connectivity index (χ2n) is 5.65. The molecule has 0 fully saturated rings. The Labute approximate surface area is 165 Å². The van der Waals surface area contributed by atoms with E-state index >= 15 is 0 Å². The number of carbonyl (C=O) groups excluding carboxylic acids is 2. The van der Waals surface area contributed by atoms with Gasteiger partial charge in [-0.15, -0.1) is 0 Å².